The minimum absolute atomic E-state index is 0.0647. The smallest absolute Gasteiger partial charge is 0.300 e. The lowest BCUT2D eigenvalue weighted by atomic mass is 9.95. The molecule has 2 heterocycles. The van der Waals surface area contributed by atoms with E-state index in [9.17, 15) is 19.5 Å². The summed E-state index contributed by atoms with van der Waals surface area (Å²) in [5, 5.41) is 11.3. The third-order valence-corrected chi connectivity index (χ3v) is 7.25. The van der Waals surface area contributed by atoms with Crippen molar-refractivity contribution in [1.29, 1.82) is 0 Å². The van der Waals surface area contributed by atoms with Gasteiger partial charge in [-0.3, -0.25) is 24.0 Å². The molecule has 0 spiro atoms. The number of aromatic nitrogens is 2. The molecule has 8 heteroatoms. The van der Waals surface area contributed by atoms with Gasteiger partial charge in [-0.1, -0.05) is 76.1 Å². The topological polar surface area (TPSA) is 84.5 Å². The van der Waals surface area contributed by atoms with Crippen molar-refractivity contribution in [2.45, 2.75) is 19.9 Å². The Kier molecular flexibility index (Phi) is 6.21. The zero-order valence-electron chi connectivity index (χ0n) is 20.5. The lowest BCUT2D eigenvalue weighted by Crippen LogP contribution is -2.34. The zero-order valence-corrected chi connectivity index (χ0v) is 22.1. The number of hydrogen-bond acceptors (Lipinski definition) is 4. The number of Topliss-reactive ketones (excluding diaryl/α,β-unsaturated/α-hetero) is 1. The molecule has 0 radical (unpaired) electrons. The molecule has 1 saturated heterocycles. The number of para-hydroxylation sites is 1. The number of carbonyl (C=O) groups excluding carboxylic acids is 2. The average Bonchev–Trinajstić information content (AvgIpc) is 3.28. The molecular weight excluding hydrogens is 534 g/mol. The highest BCUT2D eigenvalue weighted by molar-refractivity contribution is 9.10. The maximum Gasteiger partial charge on any atom is 0.300 e. The molecule has 0 bridgehead atoms. The van der Waals surface area contributed by atoms with E-state index in [1.54, 1.807) is 67.2 Å². The van der Waals surface area contributed by atoms with Crippen LogP contribution in [0.25, 0.3) is 11.4 Å². The molecule has 0 aliphatic carbocycles. The van der Waals surface area contributed by atoms with E-state index in [-0.39, 0.29) is 17.0 Å². The molecule has 1 aromatic heterocycles. The highest BCUT2D eigenvalue weighted by Gasteiger charge is 2.49. The fourth-order valence-electron chi connectivity index (χ4n) is 4.72. The van der Waals surface area contributed by atoms with Gasteiger partial charge in [0.05, 0.1) is 23.0 Å². The van der Waals surface area contributed by atoms with Crippen LogP contribution in [0.3, 0.4) is 0 Å². The lowest BCUT2D eigenvalue weighted by Gasteiger charge is -2.24. The van der Waals surface area contributed by atoms with Crippen molar-refractivity contribution >= 4 is 39.1 Å². The molecular formula is C29H24BrN3O4. The van der Waals surface area contributed by atoms with Crippen molar-refractivity contribution in [1.82, 2.24) is 9.36 Å². The number of ketones is 1. The van der Waals surface area contributed by atoms with Crippen LogP contribution in [0.4, 0.5) is 5.69 Å². The van der Waals surface area contributed by atoms with E-state index in [2.05, 4.69) is 15.9 Å². The number of carbonyl (C=O) groups is 2. The molecule has 1 N–H and O–H groups in total. The number of halogens is 1. The van der Waals surface area contributed by atoms with E-state index in [1.165, 1.54) is 9.58 Å². The van der Waals surface area contributed by atoms with Crippen molar-refractivity contribution in [3.8, 4) is 5.69 Å². The fraction of sp³-hybridized carbons (Fsp3) is 0.138. The van der Waals surface area contributed by atoms with Crippen LogP contribution in [0.15, 0.2) is 93.7 Å². The largest absolute Gasteiger partial charge is 0.507 e. The summed E-state index contributed by atoms with van der Waals surface area (Å²) in [7, 11) is 1.73. The fourth-order valence-corrected chi connectivity index (χ4v) is 4.99. The third-order valence-electron chi connectivity index (χ3n) is 6.72. The molecule has 186 valence electrons. The number of aliphatic hydroxyl groups is 1. The first-order valence-corrected chi connectivity index (χ1v) is 12.5. The van der Waals surface area contributed by atoms with E-state index >= 15 is 0 Å². The van der Waals surface area contributed by atoms with Gasteiger partial charge in [-0.2, -0.15) is 0 Å². The van der Waals surface area contributed by atoms with Crippen LogP contribution in [0.2, 0.25) is 0 Å². The predicted octanol–water partition coefficient (Wildman–Crippen LogP) is 5.18. The Bertz CT molecular complexity index is 1610. The van der Waals surface area contributed by atoms with Gasteiger partial charge in [0.25, 0.3) is 17.2 Å². The summed E-state index contributed by atoms with van der Waals surface area (Å²) in [6.45, 7) is 3.65. The first kappa shape index (κ1) is 24.5. The maximum atomic E-state index is 13.8. The molecule has 0 unspecified atom stereocenters. The van der Waals surface area contributed by atoms with Gasteiger partial charge in [-0.05, 0) is 43.7 Å². The van der Waals surface area contributed by atoms with Gasteiger partial charge in [0, 0.05) is 17.1 Å². The van der Waals surface area contributed by atoms with Gasteiger partial charge in [-0.25, -0.2) is 4.68 Å². The molecule has 3 aromatic carbocycles. The number of hydrogen-bond donors (Lipinski definition) is 1. The van der Waals surface area contributed by atoms with Gasteiger partial charge < -0.3 is 5.11 Å². The molecule has 37 heavy (non-hydrogen) atoms. The number of rotatable bonds is 4. The van der Waals surface area contributed by atoms with Crippen molar-refractivity contribution in [3.05, 3.63) is 122 Å². The highest BCUT2D eigenvalue weighted by Crippen LogP contribution is 2.42. The first-order valence-electron chi connectivity index (χ1n) is 11.7. The Hall–Kier alpha value is -4.17. The monoisotopic (exact) mass is 557 g/mol. The standard InChI is InChI=1S/C29H24BrN3O4/c1-17-9-11-20(12-10-17)26(34)23-25(19-13-15-21(30)16-14-19)32(29(37)27(23)35)24-18(2)31(3)33(28(24)36)22-7-5-4-6-8-22/h4-16,25,34H,1-3H3/b26-23+/t25-/m1/s1. The summed E-state index contributed by atoms with van der Waals surface area (Å²) >= 11 is 3.42. The van der Waals surface area contributed by atoms with Crippen molar-refractivity contribution in [2.24, 2.45) is 7.05 Å². The summed E-state index contributed by atoms with van der Waals surface area (Å²) in [6, 6.07) is 22.2. The van der Waals surface area contributed by atoms with Crippen LogP contribution in [-0.2, 0) is 16.6 Å². The third kappa shape index (κ3) is 4.03. The van der Waals surface area contributed by atoms with Gasteiger partial charge in [0.1, 0.15) is 11.4 Å². The lowest BCUT2D eigenvalue weighted by molar-refractivity contribution is -0.132. The molecule has 0 saturated carbocycles. The Balaban J connectivity index is 1.78. The molecule has 7 nitrogen and oxygen atoms in total. The van der Waals surface area contributed by atoms with Crippen LogP contribution in [0.1, 0.15) is 28.4 Å². The number of aryl methyl sites for hydroxylation is 1. The van der Waals surface area contributed by atoms with Crippen LogP contribution in [-0.4, -0.2) is 26.2 Å². The quantitative estimate of drug-likeness (QED) is 0.213. The summed E-state index contributed by atoms with van der Waals surface area (Å²) < 4.78 is 3.93. The van der Waals surface area contributed by atoms with Crippen LogP contribution in [0, 0.1) is 13.8 Å². The Morgan fingerprint density at radius 3 is 2.11 bits per heavy atom. The number of nitrogens with zero attached hydrogens (tertiary/aromatic N) is 3. The summed E-state index contributed by atoms with van der Waals surface area (Å²) in [4.78, 5) is 42.1. The van der Waals surface area contributed by atoms with E-state index < -0.39 is 23.3 Å². The van der Waals surface area contributed by atoms with Crippen molar-refractivity contribution in [3.63, 3.8) is 0 Å². The average molecular weight is 558 g/mol. The minimum Gasteiger partial charge on any atom is -0.507 e. The molecule has 1 fully saturated rings. The van der Waals surface area contributed by atoms with E-state index in [0.717, 1.165) is 10.0 Å². The summed E-state index contributed by atoms with van der Waals surface area (Å²) in [5.41, 5.74) is 2.71. The number of aliphatic hydroxyl groups excluding tert-OH is 1. The first-order chi connectivity index (χ1) is 17.7. The van der Waals surface area contributed by atoms with Crippen LogP contribution >= 0.6 is 15.9 Å². The second-order valence-corrected chi connectivity index (χ2v) is 9.91. The van der Waals surface area contributed by atoms with E-state index in [1.807, 2.05) is 37.3 Å². The number of amides is 1. The second kappa shape index (κ2) is 9.37. The Morgan fingerprint density at radius 1 is 0.865 bits per heavy atom. The molecule has 1 aliphatic rings. The SMILES string of the molecule is Cc1ccc(/C(O)=C2\C(=O)C(=O)N(c3c(C)n(C)n(-c4ccccc4)c3=O)[C@@H]2c2ccc(Br)cc2)cc1. The number of benzene rings is 3. The molecule has 1 atom stereocenters. The van der Waals surface area contributed by atoms with Gasteiger partial charge in [0.2, 0.25) is 0 Å². The number of anilines is 1. The Labute approximate surface area is 222 Å². The van der Waals surface area contributed by atoms with Gasteiger partial charge >= 0.3 is 0 Å². The van der Waals surface area contributed by atoms with Crippen LogP contribution in [0.5, 0.6) is 0 Å². The van der Waals surface area contributed by atoms with Gasteiger partial charge in [0.15, 0.2) is 0 Å². The van der Waals surface area contributed by atoms with E-state index in [4.69, 9.17) is 0 Å². The predicted molar refractivity (Wildman–Crippen MR) is 146 cm³/mol. The normalized spacial score (nSPS) is 17.0. The highest BCUT2D eigenvalue weighted by atomic mass is 79.9. The molecule has 1 amide bonds. The Morgan fingerprint density at radius 2 is 1.49 bits per heavy atom. The zero-order chi connectivity index (χ0) is 26.4. The van der Waals surface area contributed by atoms with Crippen molar-refractivity contribution in [2.75, 3.05) is 4.90 Å². The molecule has 1 aliphatic heterocycles. The van der Waals surface area contributed by atoms with E-state index in [0.29, 0.717) is 22.5 Å². The van der Waals surface area contributed by atoms with Gasteiger partial charge in [-0.15, -0.1) is 0 Å². The molecule has 5 rings (SSSR count). The maximum absolute atomic E-state index is 13.8. The second-order valence-electron chi connectivity index (χ2n) is 9.00. The summed E-state index contributed by atoms with van der Waals surface area (Å²) in [5.74, 6) is -2.00. The minimum atomic E-state index is -0.993. The summed E-state index contributed by atoms with van der Waals surface area (Å²) in [6.07, 6.45) is 0. The van der Waals surface area contributed by atoms with Crippen LogP contribution < -0.4 is 10.5 Å². The molecule has 4 aromatic rings. The van der Waals surface area contributed by atoms with Crippen molar-refractivity contribution < 1.29 is 14.7 Å².